The molecule has 0 bridgehead atoms. The van der Waals surface area contributed by atoms with Gasteiger partial charge in [-0.15, -0.1) is 0 Å². The highest BCUT2D eigenvalue weighted by atomic mass is 35.5. The maximum Gasteiger partial charge on any atom is 0.228 e. The highest BCUT2D eigenvalue weighted by Gasteiger charge is 2.51. The number of aromatic nitrogens is 1. The van der Waals surface area contributed by atoms with Crippen molar-refractivity contribution in [2.75, 3.05) is 19.6 Å². The van der Waals surface area contributed by atoms with Crippen LogP contribution in [0.3, 0.4) is 0 Å². The molecule has 1 spiro atoms. The van der Waals surface area contributed by atoms with Crippen LogP contribution in [0.2, 0.25) is 5.15 Å². The molecule has 3 heterocycles. The normalized spacial score (nSPS) is 29.6. The number of likely N-dealkylation sites (tertiary alicyclic amines) is 1. The van der Waals surface area contributed by atoms with Crippen LogP contribution in [0, 0.1) is 5.92 Å². The summed E-state index contributed by atoms with van der Waals surface area (Å²) in [6.07, 6.45) is 8.60. The Hall–Kier alpha value is -1.91. The average molecular weight is 466 g/mol. The van der Waals surface area contributed by atoms with Crippen LogP contribution < -0.4 is 5.32 Å². The van der Waals surface area contributed by atoms with Gasteiger partial charge in [0.25, 0.3) is 0 Å². The fourth-order valence-corrected chi connectivity index (χ4v) is 6.97. The zero-order valence-electron chi connectivity index (χ0n) is 19.7. The van der Waals surface area contributed by atoms with E-state index in [-0.39, 0.29) is 11.3 Å². The third-order valence-corrected chi connectivity index (χ3v) is 8.66. The number of halogens is 1. The van der Waals surface area contributed by atoms with Crippen LogP contribution in [-0.2, 0) is 16.6 Å². The maximum absolute atomic E-state index is 14.3. The van der Waals surface area contributed by atoms with Gasteiger partial charge in [-0.2, -0.15) is 0 Å². The van der Waals surface area contributed by atoms with E-state index in [4.69, 9.17) is 11.6 Å². The smallest absolute Gasteiger partial charge is 0.228 e. The molecular formula is C28H36ClN3O. The summed E-state index contributed by atoms with van der Waals surface area (Å²) < 4.78 is 0. The highest BCUT2D eigenvalue weighted by molar-refractivity contribution is 6.29. The molecular weight excluding hydrogens is 430 g/mol. The quantitative estimate of drug-likeness (QED) is 0.607. The minimum absolute atomic E-state index is 0.0212. The molecule has 3 aliphatic rings. The number of fused-ring (bicyclic) bond motifs is 2. The first kappa shape index (κ1) is 22.9. The van der Waals surface area contributed by atoms with Gasteiger partial charge >= 0.3 is 0 Å². The van der Waals surface area contributed by atoms with Crippen molar-refractivity contribution in [1.29, 1.82) is 0 Å². The first-order valence-corrected chi connectivity index (χ1v) is 13.2. The van der Waals surface area contributed by atoms with Gasteiger partial charge in [0.1, 0.15) is 5.15 Å². The van der Waals surface area contributed by atoms with Crippen molar-refractivity contribution in [2.24, 2.45) is 5.92 Å². The number of carbonyl (C=O) groups is 1. The molecule has 33 heavy (non-hydrogen) atoms. The summed E-state index contributed by atoms with van der Waals surface area (Å²) in [6, 6.07) is 15.3. The number of rotatable bonds is 4. The Balaban J connectivity index is 1.42. The summed E-state index contributed by atoms with van der Waals surface area (Å²) >= 11 is 6.23. The van der Waals surface area contributed by atoms with E-state index in [0.29, 0.717) is 23.0 Å². The Labute approximate surface area is 203 Å². The lowest BCUT2D eigenvalue weighted by atomic mass is 9.65. The van der Waals surface area contributed by atoms with Gasteiger partial charge in [0.15, 0.2) is 0 Å². The molecule has 5 heteroatoms. The Bertz CT molecular complexity index is 980. The minimum Gasteiger partial charge on any atom is -0.339 e. The summed E-state index contributed by atoms with van der Waals surface area (Å²) in [4.78, 5) is 21.2. The lowest BCUT2D eigenvalue weighted by Gasteiger charge is -2.42. The van der Waals surface area contributed by atoms with Crippen molar-refractivity contribution < 1.29 is 4.79 Å². The molecule has 0 radical (unpaired) electrons. The van der Waals surface area contributed by atoms with Crippen molar-refractivity contribution in [3.63, 3.8) is 0 Å². The summed E-state index contributed by atoms with van der Waals surface area (Å²) in [5.74, 6) is 0.878. The number of hydrogen-bond donors (Lipinski definition) is 1. The van der Waals surface area contributed by atoms with E-state index < -0.39 is 0 Å². The van der Waals surface area contributed by atoms with Crippen LogP contribution in [0.5, 0.6) is 0 Å². The standard InChI is InChI=1S/C28H36ClN3O/c1-2-7-22-12-11-21(20-8-4-3-5-9-20)15-17-32(22)27(33)24-18-30-19-28(24)16-6-10-25-23(28)13-14-26(29)31-25/h3-5,8-9,13-14,21-22,24,30H,2,6-7,10-12,15-19H2,1H3. The van der Waals surface area contributed by atoms with Crippen LogP contribution in [-0.4, -0.2) is 41.5 Å². The highest BCUT2D eigenvalue weighted by Crippen LogP contribution is 2.46. The topological polar surface area (TPSA) is 45.2 Å². The Morgan fingerprint density at radius 3 is 2.85 bits per heavy atom. The Kier molecular flexibility index (Phi) is 6.76. The number of nitrogens with zero attached hydrogens (tertiary/aromatic N) is 2. The van der Waals surface area contributed by atoms with Gasteiger partial charge in [-0.05, 0) is 68.1 Å². The summed E-state index contributed by atoms with van der Waals surface area (Å²) in [5, 5.41) is 4.15. The van der Waals surface area contributed by atoms with Crippen LogP contribution in [0.1, 0.15) is 74.6 Å². The Morgan fingerprint density at radius 2 is 2.03 bits per heavy atom. The number of amides is 1. The second kappa shape index (κ2) is 9.76. The molecule has 2 aromatic rings. The molecule has 4 nitrogen and oxygen atoms in total. The minimum atomic E-state index is -0.149. The molecule has 2 saturated heterocycles. The molecule has 1 N–H and O–H groups in total. The molecule has 1 aromatic heterocycles. The molecule has 2 aliphatic heterocycles. The second-order valence-corrected chi connectivity index (χ2v) is 10.7. The zero-order valence-corrected chi connectivity index (χ0v) is 20.5. The van der Waals surface area contributed by atoms with Crippen molar-refractivity contribution in [3.05, 3.63) is 64.4 Å². The first-order chi connectivity index (χ1) is 16.1. The molecule has 4 unspecified atom stereocenters. The van der Waals surface area contributed by atoms with E-state index in [1.54, 1.807) is 0 Å². The van der Waals surface area contributed by atoms with Crippen molar-refractivity contribution in [3.8, 4) is 0 Å². The summed E-state index contributed by atoms with van der Waals surface area (Å²) in [7, 11) is 0. The van der Waals surface area contributed by atoms with E-state index in [1.807, 2.05) is 6.07 Å². The molecule has 1 aromatic carbocycles. The van der Waals surface area contributed by atoms with Crippen LogP contribution in [0.15, 0.2) is 42.5 Å². The fraction of sp³-hybridized carbons (Fsp3) is 0.571. The van der Waals surface area contributed by atoms with E-state index in [0.717, 1.165) is 76.7 Å². The lowest BCUT2D eigenvalue weighted by molar-refractivity contribution is -0.139. The summed E-state index contributed by atoms with van der Waals surface area (Å²) in [5.41, 5.74) is 3.63. The molecule has 2 fully saturated rings. The number of nitrogens with one attached hydrogen (secondary N) is 1. The van der Waals surface area contributed by atoms with E-state index >= 15 is 0 Å². The van der Waals surface area contributed by atoms with Gasteiger partial charge in [-0.1, -0.05) is 61.3 Å². The number of aryl methyl sites for hydroxylation is 1. The first-order valence-electron chi connectivity index (χ1n) is 12.8. The van der Waals surface area contributed by atoms with Crippen LogP contribution in [0.25, 0.3) is 0 Å². The molecule has 1 aliphatic carbocycles. The Morgan fingerprint density at radius 1 is 1.18 bits per heavy atom. The van der Waals surface area contributed by atoms with Crippen LogP contribution in [0.4, 0.5) is 0 Å². The van der Waals surface area contributed by atoms with Gasteiger partial charge in [0.05, 0.1) is 5.92 Å². The number of hydrogen-bond acceptors (Lipinski definition) is 3. The van der Waals surface area contributed by atoms with Gasteiger partial charge in [0.2, 0.25) is 5.91 Å². The maximum atomic E-state index is 14.3. The molecule has 1 amide bonds. The second-order valence-electron chi connectivity index (χ2n) is 10.3. The van der Waals surface area contributed by atoms with Crippen molar-refractivity contribution in [2.45, 2.75) is 75.7 Å². The van der Waals surface area contributed by atoms with Crippen LogP contribution >= 0.6 is 11.6 Å². The molecule has 176 valence electrons. The molecule has 5 rings (SSSR count). The summed E-state index contributed by atoms with van der Waals surface area (Å²) in [6.45, 7) is 4.73. The molecule has 4 atom stereocenters. The van der Waals surface area contributed by atoms with Gasteiger partial charge in [-0.25, -0.2) is 4.98 Å². The zero-order chi connectivity index (χ0) is 22.8. The fourth-order valence-electron chi connectivity index (χ4n) is 6.81. The number of benzene rings is 1. The monoisotopic (exact) mass is 465 g/mol. The largest absolute Gasteiger partial charge is 0.339 e. The van der Waals surface area contributed by atoms with E-state index in [9.17, 15) is 4.79 Å². The van der Waals surface area contributed by atoms with E-state index in [1.165, 1.54) is 11.1 Å². The van der Waals surface area contributed by atoms with Gasteiger partial charge in [0, 0.05) is 36.8 Å². The van der Waals surface area contributed by atoms with Crippen molar-refractivity contribution in [1.82, 2.24) is 15.2 Å². The SMILES string of the molecule is CCCC1CCC(c2ccccc2)CCN1C(=O)C1CNCC12CCCc1nc(Cl)ccc12. The van der Waals surface area contributed by atoms with E-state index in [2.05, 4.69) is 58.5 Å². The molecule has 0 saturated carbocycles. The predicted molar refractivity (Wildman–Crippen MR) is 134 cm³/mol. The van der Waals surface area contributed by atoms with Gasteiger partial charge < -0.3 is 10.2 Å². The average Bonchev–Trinajstić information content (AvgIpc) is 3.12. The number of pyridine rings is 1. The number of carbonyl (C=O) groups excluding carboxylic acids is 1. The third kappa shape index (κ3) is 4.33. The van der Waals surface area contributed by atoms with Gasteiger partial charge in [-0.3, -0.25) is 4.79 Å². The lowest BCUT2D eigenvalue weighted by Crippen LogP contribution is -2.50. The van der Waals surface area contributed by atoms with Crippen molar-refractivity contribution >= 4 is 17.5 Å². The third-order valence-electron chi connectivity index (χ3n) is 8.45. The predicted octanol–water partition coefficient (Wildman–Crippen LogP) is 5.49.